The number of hydrogen-bond donors (Lipinski definition) is 2. The number of fused-ring (bicyclic) bond motifs is 1. The van der Waals surface area contributed by atoms with E-state index in [2.05, 4.69) is 10.0 Å². The number of anilines is 2. The predicted octanol–water partition coefficient (Wildman–Crippen LogP) is 3.67. The number of esters is 1. The lowest BCUT2D eigenvalue weighted by atomic mass is 10.1. The number of carbonyl (C=O) groups excluding carboxylic acids is 2. The van der Waals surface area contributed by atoms with Crippen molar-refractivity contribution in [1.29, 1.82) is 0 Å². The molecular weight excluding hydrogens is 472 g/mol. The highest BCUT2D eigenvalue weighted by molar-refractivity contribution is 7.92. The lowest BCUT2D eigenvalue weighted by Crippen LogP contribution is -2.21. The van der Waals surface area contributed by atoms with Crippen LogP contribution in [0.5, 0.6) is 11.5 Å². The van der Waals surface area contributed by atoms with Crippen LogP contribution in [0.3, 0.4) is 0 Å². The zero-order valence-corrected chi connectivity index (χ0v) is 20.0. The summed E-state index contributed by atoms with van der Waals surface area (Å²) in [6.07, 6.45) is 0. The van der Waals surface area contributed by atoms with Crippen LogP contribution in [0.15, 0.2) is 65.6 Å². The van der Waals surface area contributed by atoms with Gasteiger partial charge >= 0.3 is 5.97 Å². The molecule has 1 aliphatic heterocycles. The highest BCUT2D eigenvalue weighted by atomic mass is 32.2. The quantitative estimate of drug-likeness (QED) is 0.479. The van der Waals surface area contributed by atoms with Crippen LogP contribution in [-0.2, 0) is 19.6 Å². The third-order valence-corrected chi connectivity index (χ3v) is 6.79. The van der Waals surface area contributed by atoms with Crippen LogP contribution in [-0.4, -0.2) is 40.1 Å². The summed E-state index contributed by atoms with van der Waals surface area (Å²) in [6, 6.07) is 15.6. The number of hydrogen-bond acceptors (Lipinski definition) is 7. The molecular formula is C25H24N2O7S. The van der Waals surface area contributed by atoms with E-state index in [0.717, 1.165) is 11.1 Å². The summed E-state index contributed by atoms with van der Waals surface area (Å²) >= 11 is 0. The smallest absolute Gasteiger partial charge is 0.338 e. The van der Waals surface area contributed by atoms with Gasteiger partial charge in [-0.05, 0) is 67.4 Å². The maximum absolute atomic E-state index is 12.7. The minimum Gasteiger partial charge on any atom is -0.486 e. The maximum Gasteiger partial charge on any atom is 0.338 e. The van der Waals surface area contributed by atoms with Crippen molar-refractivity contribution in [3.8, 4) is 11.5 Å². The number of benzene rings is 3. The van der Waals surface area contributed by atoms with Crippen molar-refractivity contribution in [2.24, 2.45) is 0 Å². The standard InChI is InChI=1S/C25H24N2O7S/c1-16-4-3-5-21(17(16)2)26-24(28)15-34-25(29)18-6-8-19(9-7-18)27-35(30,31)20-10-11-22-23(14-20)33-13-12-32-22/h3-11,14,27H,12-13,15H2,1-2H3,(H,26,28). The third-order valence-electron chi connectivity index (χ3n) is 5.41. The van der Waals surface area contributed by atoms with Gasteiger partial charge in [0.05, 0.1) is 10.5 Å². The normalized spacial score (nSPS) is 12.5. The topological polar surface area (TPSA) is 120 Å². The Hall–Kier alpha value is -4.05. The van der Waals surface area contributed by atoms with E-state index in [0.29, 0.717) is 30.4 Å². The number of aryl methyl sites for hydroxylation is 1. The second-order valence-electron chi connectivity index (χ2n) is 7.86. The molecule has 182 valence electrons. The van der Waals surface area contributed by atoms with E-state index in [-0.39, 0.29) is 16.1 Å². The molecule has 10 heteroatoms. The molecule has 3 aromatic carbocycles. The molecule has 9 nitrogen and oxygen atoms in total. The molecule has 2 N–H and O–H groups in total. The predicted molar refractivity (Wildman–Crippen MR) is 130 cm³/mol. The molecule has 35 heavy (non-hydrogen) atoms. The van der Waals surface area contributed by atoms with Gasteiger partial charge in [-0.2, -0.15) is 0 Å². The number of nitrogens with one attached hydrogen (secondary N) is 2. The van der Waals surface area contributed by atoms with Crippen LogP contribution >= 0.6 is 0 Å². The van der Waals surface area contributed by atoms with Crippen molar-refractivity contribution in [3.63, 3.8) is 0 Å². The van der Waals surface area contributed by atoms with Crippen molar-refractivity contribution < 1.29 is 32.2 Å². The minimum absolute atomic E-state index is 0.0140. The van der Waals surface area contributed by atoms with E-state index >= 15 is 0 Å². The number of ether oxygens (including phenoxy) is 3. The summed E-state index contributed by atoms with van der Waals surface area (Å²) in [7, 11) is -3.89. The summed E-state index contributed by atoms with van der Waals surface area (Å²) in [5.74, 6) is -0.321. The van der Waals surface area contributed by atoms with Gasteiger partial charge in [0.1, 0.15) is 13.2 Å². The Morgan fingerprint density at radius 1 is 0.943 bits per heavy atom. The summed E-state index contributed by atoms with van der Waals surface area (Å²) in [4.78, 5) is 24.5. The molecule has 3 aromatic rings. The largest absolute Gasteiger partial charge is 0.486 e. The first-order valence-electron chi connectivity index (χ1n) is 10.8. The van der Waals surface area contributed by atoms with Crippen LogP contribution < -0.4 is 19.5 Å². The van der Waals surface area contributed by atoms with E-state index in [4.69, 9.17) is 14.2 Å². The van der Waals surface area contributed by atoms with Crippen molar-refractivity contribution in [3.05, 3.63) is 77.4 Å². The number of amides is 1. The van der Waals surface area contributed by atoms with E-state index in [1.165, 1.54) is 36.4 Å². The summed E-state index contributed by atoms with van der Waals surface area (Å²) in [5.41, 5.74) is 3.04. The van der Waals surface area contributed by atoms with Crippen molar-refractivity contribution >= 4 is 33.3 Å². The zero-order chi connectivity index (χ0) is 25.0. The Kier molecular flexibility index (Phi) is 6.92. The zero-order valence-electron chi connectivity index (χ0n) is 19.2. The Morgan fingerprint density at radius 3 is 2.40 bits per heavy atom. The highest BCUT2D eigenvalue weighted by Crippen LogP contribution is 2.32. The van der Waals surface area contributed by atoms with Gasteiger partial charge in [0, 0.05) is 17.4 Å². The van der Waals surface area contributed by atoms with Crippen LogP contribution in [0.2, 0.25) is 0 Å². The molecule has 1 heterocycles. The summed E-state index contributed by atoms with van der Waals surface area (Å²) in [6.45, 7) is 4.12. The monoisotopic (exact) mass is 496 g/mol. The molecule has 1 aliphatic rings. The highest BCUT2D eigenvalue weighted by Gasteiger charge is 2.20. The fourth-order valence-corrected chi connectivity index (χ4v) is 4.44. The van der Waals surface area contributed by atoms with Gasteiger partial charge in [0.15, 0.2) is 18.1 Å². The van der Waals surface area contributed by atoms with Gasteiger partial charge in [-0.25, -0.2) is 13.2 Å². The molecule has 0 atom stereocenters. The molecule has 0 aliphatic carbocycles. The van der Waals surface area contributed by atoms with Gasteiger partial charge in [-0.15, -0.1) is 0 Å². The molecule has 1 amide bonds. The lowest BCUT2D eigenvalue weighted by molar-refractivity contribution is -0.119. The van der Waals surface area contributed by atoms with Crippen LogP contribution in [0.25, 0.3) is 0 Å². The van der Waals surface area contributed by atoms with Crippen LogP contribution in [0.4, 0.5) is 11.4 Å². The second kappa shape index (κ2) is 10.1. The van der Waals surface area contributed by atoms with Gasteiger partial charge in [0.25, 0.3) is 15.9 Å². The van der Waals surface area contributed by atoms with Gasteiger partial charge in [-0.3, -0.25) is 9.52 Å². The van der Waals surface area contributed by atoms with Gasteiger partial charge in [-0.1, -0.05) is 12.1 Å². The molecule has 4 rings (SSSR count). The van der Waals surface area contributed by atoms with Crippen molar-refractivity contribution in [2.45, 2.75) is 18.7 Å². The Balaban J connectivity index is 1.34. The lowest BCUT2D eigenvalue weighted by Gasteiger charge is -2.19. The summed E-state index contributed by atoms with van der Waals surface area (Å²) < 4.78 is 43.9. The van der Waals surface area contributed by atoms with Crippen LogP contribution in [0, 0.1) is 13.8 Å². The molecule has 0 radical (unpaired) electrons. The average molecular weight is 497 g/mol. The van der Waals surface area contributed by atoms with Crippen LogP contribution in [0.1, 0.15) is 21.5 Å². The molecule has 0 spiro atoms. The molecule has 0 bridgehead atoms. The van der Waals surface area contributed by atoms with E-state index in [1.54, 1.807) is 12.1 Å². The van der Waals surface area contributed by atoms with Gasteiger partial charge < -0.3 is 19.5 Å². The molecule has 0 fully saturated rings. The fourth-order valence-electron chi connectivity index (χ4n) is 3.37. The summed E-state index contributed by atoms with van der Waals surface area (Å²) in [5, 5.41) is 2.72. The second-order valence-corrected chi connectivity index (χ2v) is 9.54. The first kappa shape index (κ1) is 24.1. The van der Waals surface area contributed by atoms with E-state index < -0.39 is 28.5 Å². The molecule has 0 unspecified atom stereocenters. The third kappa shape index (κ3) is 5.72. The molecule has 0 aromatic heterocycles. The van der Waals surface area contributed by atoms with E-state index in [9.17, 15) is 18.0 Å². The first-order valence-corrected chi connectivity index (χ1v) is 12.3. The molecule has 0 saturated heterocycles. The Bertz CT molecular complexity index is 1370. The SMILES string of the molecule is Cc1cccc(NC(=O)COC(=O)c2ccc(NS(=O)(=O)c3ccc4c(c3)OCCO4)cc2)c1C. The first-order chi connectivity index (χ1) is 16.7. The number of rotatable bonds is 7. The number of sulfonamides is 1. The molecule has 0 saturated carbocycles. The maximum atomic E-state index is 12.7. The Morgan fingerprint density at radius 2 is 1.66 bits per heavy atom. The van der Waals surface area contributed by atoms with Crippen molar-refractivity contribution in [1.82, 2.24) is 0 Å². The Labute approximate surface area is 203 Å². The fraction of sp³-hybridized carbons (Fsp3) is 0.200. The van der Waals surface area contributed by atoms with Gasteiger partial charge in [0.2, 0.25) is 0 Å². The van der Waals surface area contributed by atoms with Crippen molar-refractivity contribution in [2.75, 3.05) is 29.9 Å². The average Bonchev–Trinajstić information content (AvgIpc) is 2.85. The minimum atomic E-state index is -3.89. The van der Waals surface area contributed by atoms with E-state index in [1.807, 2.05) is 26.0 Å². The number of carbonyl (C=O) groups is 2.